The van der Waals surface area contributed by atoms with Gasteiger partial charge in [0.25, 0.3) is 10.0 Å². The Labute approximate surface area is 152 Å². The molecule has 26 heavy (non-hydrogen) atoms. The first-order valence-electron chi connectivity index (χ1n) is 8.60. The summed E-state index contributed by atoms with van der Waals surface area (Å²) >= 11 is 0. The average molecular weight is 378 g/mol. The van der Waals surface area contributed by atoms with Crippen molar-refractivity contribution >= 4 is 16.0 Å². The van der Waals surface area contributed by atoms with Gasteiger partial charge in [-0.3, -0.25) is 0 Å². The minimum absolute atomic E-state index is 0.0931. The highest BCUT2D eigenvalue weighted by Crippen LogP contribution is 2.38. The summed E-state index contributed by atoms with van der Waals surface area (Å²) in [6.07, 6.45) is 8.25. The van der Waals surface area contributed by atoms with Gasteiger partial charge in [0.15, 0.2) is 5.03 Å². The van der Waals surface area contributed by atoms with Crippen molar-refractivity contribution in [1.29, 1.82) is 0 Å². The quantitative estimate of drug-likeness (QED) is 0.808. The van der Waals surface area contributed by atoms with Crippen LogP contribution in [0.25, 0.3) is 0 Å². The van der Waals surface area contributed by atoms with Crippen molar-refractivity contribution in [3.63, 3.8) is 0 Å². The van der Waals surface area contributed by atoms with Crippen molar-refractivity contribution in [2.75, 3.05) is 31.6 Å². The van der Waals surface area contributed by atoms with Crippen LogP contribution in [0.2, 0.25) is 0 Å². The lowest BCUT2D eigenvalue weighted by Gasteiger charge is -2.51. The maximum atomic E-state index is 12.5. The van der Waals surface area contributed by atoms with Crippen LogP contribution in [0.1, 0.15) is 12.8 Å². The van der Waals surface area contributed by atoms with Crippen LogP contribution in [0.4, 0.5) is 5.95 Å². The van der Waals surface area contributed by atoms with E-state index in [-0.39, 0.29) is 10.6 Å². The van der Waals surface area contributed by atoms with Gasteiger partial charge >= 0.3 is 0 Å². The summed E-state index contributed by atoms with van der Waals surface area (Å²) in [6.45, 7) is 2.15. The number of hydrogen-bond donors (Lipinski definition) is 1. The zero-order valence-electron chi connectivity index (χ0n) is 14.6. The lowest BCUT2D eigenvalue weighted by molar-refractivity contribution is -0.155. The minimum Gasteiger partial charge on any atom is -0.372 e. The predicted molar refractivity (Wildman–Crippen MR) is 93.9 cm³/mol. The van der Waals surface area contributed by atoms with Crippen molar-refractivity contribution in [3.05, 3.63) is 31.0 Å². The second kappa shape index (κ2) is 6.60. The van der Waals surface area contributed by atoms with Crippen molar-refractivity contribution in [2.45, 2.75) is 23.5 Å². The summed E-state index contributed by atoms with van der Waals surface area (Å²) in [5.74, 6) is 0.981. The van der Waals surface area contributed by atoms with E-state index in [1.54, 1.807) is 30.1 Å². The number of imidazole rings is 1. The number of nitrogens with zero attached hydrogens (tertiary/aromatic N) is 5. The Hall–Kier alpha value is -2.04. The Bertz CT molecular complexity index is 853. The highest BCUT2D eigenvalue weighted by Gasteiger charge is 2.51. The zero-order valence-corrected chi connectivity index (χ0v) is 15.4. The molecular formula is C16H22N6O3S. The Morgan fingerprint density at radius 3 is 2.69 bits per heavy atom. The molecule has 0 radical (unpaired) electrons. The molecule has 2 fully saturated rings. The third-order valence-electron chi connectivity index (χ3n) is 4.96. The maximum Gasteiger partial charge on any atom is 0.262 e. The van der Waals surface area contributed by atoms with Crippen molar-refractivity contribution in [1.82, 2.24) is 23.8 Å². The number of rotatable bonds is 5. The first-order valence-corrected chi connectivity index (χ1v) is 10.0. The van der Waals surface area contributed by atoms with E-state index in [0.29, 0.717) is 31.6 Å². The van der Waals surface area contributed by atoms with Gasteiger partial charge in [0.05, 0.1) is 18.5 Å². The Kier molecular flexibility index (Phi) is 4.41. The molecule has 2 aromatic rings. The van der Waals surface area contributed by atoms with E-state index in [9.17, 15) is 8.42 Å². The van der Waals surface area contributed by atoms with Crippen LogP contribution in [0, 0.1) is 5.92 Å². The van der Waals surface area contributed by atoms with Gasteiger partial charge in [-0.2, -0.15) is 4.31 Å². The highest BCUT2D eigenvalue weighted by atomic mass is 32.2. The van der Waals surface area contributed by atoms with Gasteiger partial charge < -0.3 is 14.6 Å². The van der Waals surface area contributed by atoms with Gasteiger partial charge in [-0.15, -0.1) is 0 Å². The van der Waals surface area contributed by atoms with Crippen LogP contribution in [0.5, 0.6) is 0 Å². The summed E-state index contributed by atoms with van der Waals surface area (Å²) in [7, 11) is -1.77. The molecule has 1 N–H and O–H groups in total. The number of aromatic nitrogens is 4. The lowest BCUT2D eigenvalue weighted by atomic mass is 9.84. The smallest absolute Gasteiger partial charge is 0.262 e. The molecule has 2 aromatic heterocycles. The number of ether oxygens (including phenoxy) is 1. The fourth-order valence-corrected chi connectivity index (χ4v) is 4.93. The molecule has 0 amide bonds. The molecule has 0 aromatic carbocycles. The number of sulfonamides is 1. The summed E-state index contributed by atoms with van der Waals surface area (Å²) in [5, 5.41) is 3.31. The monoisotopic (exact) mass is 378 g/mol. The molecule has 4 heterocycles. The second-order valence-electron chi connectivity index (χ2n) is 7.00. The number of anilines is 1. The van der Waals surface area contributed by atoms with E-state index >= 15 is 0 Å². The molecule has 4 rings (SSSR count). The number of aryl methyl sites for hydroxylation is 1. The van der Waals surface area contributed by atoms with Crippen LogP contribution in [-0.4, -0.2) is 64.1 Å². The third-order valence-corrected chi connectivity index (χ3v) is 6.64. The molecule has 1 spiro atoms. The van der Waals surface area contributed by atoms with E-state index < -0.39 is 10.0 Å². The molecule has 0 bridgehead atoms. The molecule has 2 saturated heterocycles. The van der Waals surface area contributed by atoms with Gasteiger partial charge in [-0.05, 0) is 24.8 Å². The fourth-order valence-electron chi connectivity index (χ4n) is 3.37. The zero-order chi connectivity index (χ0) is 18.2. The number of nitrogens with one attached hydrogen (secondary N) is 1. The van der Waals surface area contributed by atoms with E-state index in [0.717, 1.165) is 19.4 Å². The normalized spacial score (nSPS) is 22.9. The summed E-state index contributed by atoms with van der Waals surface area (Å²) in [4.78, 5) is 12.2. The Morgan fingerprint density at radius 2 is 2.08 bits per heavy atom. The molecule has 0 unspecified atom stereocenters. The molecule has 1 atom stereocenters. The van der Waals surface area contributed by atoms with Gasteiger partial charge in [0, 0.05) is 45.3 Å². The topological polar surface area (TPSA) is 102 Å². The van der Waals surface area contributed by atoms with E-state index in [4.69, 9.17) is 4.74 Å². The van der Waals surface area contributed by atoms with E-state index in [1.165, 1.54) is 16.8 Å². The molecular weight excluding hydrogens is 356 g/mol. The summed E-state index contributed by atoms with van der Waals surface area (Å²) in [5.41, 5.74) is -0.346. The lowest BCUT2D eigenvalue weighted by Crippen LogP contribution is -2.66. The SMILES string of the molecule is Cn1cnc(S(=O)(=O)N2CC3(CC[C@@H](CNc4ncccn4)CO3)C2)c1. The van der Waals surface area contributed by atoms with E-state index in [2.05, 4.69) is 20.3 Å². The fraction of sp³-hybridized carbons (Fsp3) is 0.562. The molecule has 9 nitrogen and oxygen atoms in total. The van der Waals surface area contributed by atoms with Gasteiger partial charge in [0.1, 0.15) is 0 Å². The Morgan fingerprint density at radius 1 is 1.31 bits per heavy atom. The highest BCUT2D eigenvalue weighted by molar-refractivity contribution is 7.89. The van der Waals surface area contributed by atoms with Gasteiger partial charge in [-0.25, -0.2) is 23.4 Å². The van der Waals surface area contributed by atoms with Crippen molar-refractivity contribution in [3.8, 4) is 0 Å². The molecule has 140 valence electrons. The third kappa shape index (κ3) is 3.31. The van der Waals surface area contributed by atoms with Crippen LogP contribution in [-0.2, 0) is 21.8 Å². The van der Waals surface area contributed by atoms with Crippen molar-refractivity contribution < 1.29 is 13.2 Å². The molecule has 0 aliphatic carbocycles. The predicted octanol–water partition coefficient (Wildman–Crippen LogP) is 0.492. The summed E-state index contributed by atoms with van der Waals surface area (Å²) < 4.78 is 34.2. The molecule has 2 aliphatic heterocycles. The van der Waals surface area contributed by atoms with Crippen molar-refractivity contribution in [2.24, 2.45) is 13.0 Å². The van der Waals surface area contributed by atoms with Crippen LogP contribution >= 0.6 is 0 Å². The van der Waals surface area contributed by atoms with Gasteiger partial charge in [-0.1, -0.05) is 0 Å². The minimum atomic E-state index is -3.52. The van der Waals surface area contributed by atoms with Crippen LogP contribution < -0.4 is 5.32 Å². The first kappa shape index (κ1) is 17.4. The van der Waals surface area contributed by atoms with Crippen LogP contribution in [0.3, 0.4) is 0 Å². The maximum absolute atomic E-state index is 12.5. The standard InChI is InChI=1S/C16H22N6O3S/c1-21-8-14(20-12-21)26(23,24)22-10-16(11-22)4-3-13(9-25-16)7-19-15-17-5-2-6-18-15/h2,5-6,8,12-13H,3-4,7,9-11H2,1H3,(H,17,18,19)/t13-/m0/s1. The van der Waals surface area contributed by atoms with Gasteiger partial charge in [0.2, 0.25) is 5.95 Å². The largest absolute Gasteiger partial charge is 0.372 e. The average Bonchev–Trinajstić information content (AvgIpc) is 3.06. The first-order chi connectivity index (χ1) is 12.5. The number of hydrogen-bond acceptors (Lipinski definition) is 7. The molecule has 10 heteroatoms. The second-order valence-corrected chi connectivity index (χ2v) is 8.89. The molecule has 0 saturated carbocycles. The molecule has 2 aliphatic rings. The van der Waals surface area contributed by atoms with E-state index in [1.807, 2.05) is 0 Å². The summed E-state index contributed by atoms with van der Waals surface area (Å²) in [6, 6.07) is 1.78. The van der Waals surface area contributed by atoms with Crippen LogP contribution in [0.15, 0.2) is 36.0 Å². The Balaban J connectivity index is 1.28.